The van der Waals surface area contributed by atoms with Crippen LogP contribution in [-0.2, 0) is 11.2 Å². The Bertz CT molecular complexity index is 368. The summed E-state index contributed by atoms with van der Waals surface area (Å²) in [6.07, 6.45) is 3.05. The highest BCUT2D eigenvalue weighted by Crippen LogP contribution is 2.13. The maximum absolute atomic E-state index is 5.93. The average Bonchev–Trinajstić information content (AvgIpc) is 2.37. The normalized spacial score (nSPS) is 16.2. The van der Waals surface area contributed by atoms with Crippen molar-refractivity contribution in [1.29, 1.82) is 0 Å². The highest BCUT2D eigenvalue weighted by molar-refractivity contribution is 6.28. The summed E-state index contributed by atoms with van der Waals surface area (Å²) in [6.45, 7) is 5.20. The van der Waals surface area contributed by atoms with Crippen LogP contribution in [-0.4, -0.2) is 41.3 Å². The van der Waals surface area contributed by atoms with E-state index >= 15 is 0 Å². The lowest BCUT2D eigenvalue weighted by Gasteiger charge is -2.26. The third-order valence-corrected chi connectivity index (χ3v) is 2.86. The van der Waals surface area contributed by atoms with Gasteiger partial charge in [0, 0.05) is 19.5 Å². The van der Waals surface area contributed by atoms with Crippen LogP contribution in [0.3, 0.4) is 0 Å². The van der Waals surface area contributed by atoms with Crippen LogP contribution in [0.25, 0.3) is 0 Å². The molecule has 0 aliphatic carbocycles. The first-order valence-electron chi connectivity index (χ1n) is 6.02. The second-order valence-corrected chi connectivity index (χ2v) is 4.36. The molecule has 1 aliphatic rings. The molecule has 0 unspecified atom stereocenters. The Balaban J connectivity index is 2.12. The molecule has 0 bridgehead atoms. The van der Waals surface area contributed by atoms with E-state index in [1.54, 1.807) is 0 Å². The molecule has 1 aromatic heterocycles. The van der Waals surface area contributed by atoms with Gasteiger partial charge < -0.3 is 9.64 Å². The molecule has 17 heavy (non-hydrogen) atoms. The Morgan fingerprint density at radius 3 is 2.71 bits per heavy atom. The molecule has 5 nitrogen and oxygen atoms in total. The average molecular weight is 257 g/mol. The molecule has 94 valence electrons. The molecule has 6 heteroatoms. The zero-order chi connectivity index (χ0) is 12.1. The van der Waals surface area contributed by atoms with Crippen LogP contribution in [0, 0.1) is 0 Å². The number of halogens is 1. The second kappa shape index (κ2) is 6.12. The standard InChI is InChI=1S/C11H17ClN4O/c1-2-3-4-9-13-10(12)15-11(14-9)16-5-7-17-8-6-16/h2-8H2,1H3. The fourth-order valence-electron chi connectivity index (χ4n) is 1.73. The molecule has 0 saturated carbocycles. The van der Waals surface area contributed by atoms with Crippen LogP contribution >= 0.6 is 11.6 Å². The van der Waals surface area contributed by atoms with Gasteiger partial charge in [-0.05, 0) is 18.0 Å². The fourth-order valence-corrected chi connectivity index (χ4v) is 1.90. The molecule has 1 saturated heterocycles. The highest BCUT2D eigenvalue weighted by Gasteiger charge is 2.15. The minimum absolute atomic E-state index is 0.285. The van der Waals surface area contributed by atoms with Crippen LogP contribution in [0.5, 0.6) is 0 Å². The summed E-state index contributed by atoms with van der Waals surface area (Å²) < 4.78 is 5.30. The summed E-state index contributed by atoms with van der Waals surface area (Å²) in [5.74, 6) is 1.47. The number of ether oxygens (including phenoxy) is 1. The Kier molecular flexibility index (Phi) is 4.50. The molecule has 1 aromatic rings. The molecular formula is C11H17ClN4O. The Labute approximate surface area is 106 Å². The van der Waals surface area contributed by atoms with Gasteiger partial charge in [-0.25, -0.2) is 4.98 Å². The summed E-state index contributed by atoms with van der Waals surface area (Å²) >= 11 is 5.93. The first-order chi connectivity index (χ1) is 8.29. The maximum atomic E-state index is 5.93. The van der Waals surface area contributed by atoms with Gasteiger partial charge in [0.2, 0.25) is 11.2 Å². The van der Waals surface area contributed by atoms with E-state index in [1.807, 2.05) is 0 Å². The largest absolute Gasteiger partial charge is 0.378 e. The van der Waals surface area contributed by atoms with Gasteiger partial charge in [-0.1, -0.05) is 13.3 Å². The van der Waals surface area contributed by atoms with Crippen molar-refractivity contribution in [3.8, 4) is 0 Å². The van der Waals surface area contributed by atoms with Gasteiger partial charge >= 0.3 is 0 Å². The Morgan fingerprint density at radius 1 is 1.24 bits per heavy atom. The molecular weight excluding hydrogens is 240 g/mol. The van der Waals surface area contributed by atoms with E-state index < -0.39 is 0 Å². The third kappa shape index (κ3) is 3.51. The van der Waals surface area contributed by atoms with Gasteiger partial charge in [0.1, 0.15) is 5.82 Å². The SMILES string of the molecule is CCCCc1nc(Cl)nc(N2CCOCC2)n1. The molecule has 2 heterocycles. The molecule has 1 aliphatic heterocycles. The van der Waals surface area contributed by atoms with Crippen molar-refractivity contribution in [2.45, 2.75) is 26.2 Å². The van der Waals surface area contributed by atoms with E-state index in [-0.39, 0.29) is 5.28 Å². The lowest BCUT2D eigenvalue weighted by atomic mass is 10.2. The summed E-state index contributed by atoms with van der Waals surface area (Å²) in [6, 6.07) is 0. The third-order valence-electron chi connectivity index (χ3n) is 2.69. The number of anilines is 1. The Hall–Kier alpha value is -0.940. The topological polar surface area (TPSA) is 51.1 Å². The van der Waals surface area contributed by atoms with Gasteiger partial charge in [0.05, 0.1) is 13.2 Å². The second-order valence-electron chi connectivity index (χ2n) is 4.02. The van der Waals surface area contributed by atoms with Gasteiger partial charge in [-0.3, -0.25) is 0 Å². The smallest absolute Gasteiger partial charge is 0.230 e. The van der Waals surface area contributed by atoms with Crippen molar-refractivity contribution in [3.05, 3.63) is 11.1 Å². The first-order valence-corrected chi connectivity index (χ1v) is 6.40. The fraction of sp³-hybridized carbons (Fsp3) is 0.727. The molecule has 0 radical (unpaired) electrons. The van der Waals surface area contributed by atoms with Crippen LogP contribution in [0.4, 0.5) is 5.95 Å². The minimum Gasteiger partial charge on any atom is -0.378 e. The molecule has 0 N–H and O–H groups in total. The van der Waals surface area contributed by atoms with E-state index in [1.165, 1.54) is 0 Å². The van der Waals surface area contributed by atoms with Crippen molar-refractivity contribution < 1.29 is 4.74 Å². The molecule has 0 amide bonds. The van der Waals surface area contributed by atoms with Gasteiger partial charge in [0.25, 0.3) is 0 Å². The van der Waals surface area contributed by atoms with Crippen molar-refractivity contribution in [1.82, 2.24) is 15.0 Å². The molecule has 0 aromatic carbocycles. The zero-order valence-corrected chi connectivity index (χ0v) is 10.8. The monoisotopic (exact) mass is 256 g/mol. The number of aryl methyl sites for hydroxylation is 1. The predicted molar refractivity (Wildman–Crippen MR) is 66.5 cm³/mol. The van der Waals surface area contributed by atoms with E-state index in [0.717, 1.165) is 38.2 Å². The van der Waals surface area contributed by atoms with Crippen molar-refractivity contribution in [2.24, 2.45) is 0 Å². The van der Waals surface area contributed by atoms with Crippen molar-refractivity contribution in [3.63, 3.8) is 0 Å². The minimum atomic E-state index is 0.285. The van der Waals surface area contributed by atoms with Crippen molar-refractivity contribution in [2.75, 3.05) is 31.2 Å². The molecule has 1 fully saturated rings. The quantitative estimate of drug-likeness (QED) is 0.821. The van der Waals surface area contributed by atoms with Crippen LogP contribution < -0.4 is 4.90 Å². The summed E-state index contributed by atoms with van der Waals surface area (Å²) in [5.41, 5.74) is 0. The predicted octanol–water partition coefficient (Wildman–Crippen LogP) is 1.70. The summed E-state index contributed by atoms with van der Waals surface area (Å²) in [7, 11) is 0. The van der Waals surface area contributed by atoms with Crippen LogP contribution in [0.2, 0.25) is 5.28 Å². The number of hydrogen-bond donors (Lipinski definition) is 0. The maximum Gasteiger partial charge on any atom is 0.230 e. The molecule has 2 rings (SSSR count). The van der Waals surface area contributed by atoms with E-state index in [2.05, 4.69) is 26.8 Å². The van der Waals surface area contributed by atoms with E-state index in [0.29, 0.717) is 19.2 Å². The number of nitrogens with zero attached hydrogens (tertiary/aromatic N) is 4. The molecule has 0 spiro atoms. The number of hydrogen-bond acceptors (Lipinski definition) is 5. The van der Waals surface area contributed by atoms with E-state index in [4.69, 9.17) is 16.3 Å². The van der Waals surface area contributed by atoms with Crippen LogP contribution in [0.1, 0.15) is 25.6 Å². The van der Waals surface area contributed by atoms with Gasteiger partial charge in [-0.2, -0.15) is 9.97 Å². The summed E-state index contributed by atoms with van der Waals surface area (Å²) in [4.78, 5) is 14.9. The van der Waals surface area contributed by atoms with E-state index in [9.17, 15) is 0 Å². The number of aromatic nitrogens is 3. The molecule has 0 atom stereocenters. The van der Waals surface area contributed by atoms with Crippen LogP contribution in [0.15, 0.2) is 0 Å². The first kappa shape index (κ1) is 12.5. The van der Waals surface area contributed by atoms with Gasteiger partial charge in [-0.15, -0.1) is 0 Å². The number of rotatable bonds is 4. The lowest BCUT2D eigenvalue weighted by molar-refractivity contribution is 0.122. The van der Waals surface area contributed by atoms with Gasteiger partial charge in [0.15, 0.2) is 0 Å². The summed E-state index contributed by atoms with van der Waals surface area (Å²) in [5, 5.41) is 0.285. The Morgan fingerprint density at radius 2 is 2.00 bits per heavy atom. The number of unbranched alkanes of at least 4 members (excludes halogenated alkanes) is 1. The highest BCUT2D eigenvalue weighted by atomic mass is 35.5. The van der Waals surface area contributed by atoms with Crippen molar-refractivity contribution >= 4 is 17.5 Å². The number of morpholine rings is 1. The lowest BCUT2D eigenvalue weighted by Crippen LogP contribution is -2.37. The zero-order valence-electron chi connectivity index (χ0n) is 10.0.